The first-order valence-corrected chi connectivity index (χ1v) is 14.9. The van der Waals surface area contributed by atoms with Gasteiger partial charge in [-0.05, 0) is 122 Å². The van der Waals surface area contributed by atoms with Gasteiger partial charge in [0.2, 0.25) is 5.75 Å². The van der Waals surface area contributed by atoms with Gasteiger partial charge in [0.15, 0.2) is 11.5 Å². The summed E-state index contributed by atoms with van der Waals surface area (Å²) in [6, 6.07) is 23.4. The lowest BCUT2D eigenvalue weighted by atomic mass is 9.96. The smallest absolute Gasteiger partial charge is 0.200 e. The van der Waals surface area contributed by atoms with Gasteiger partial charge in [-0.15, -0.1) is 0 Å². The van der Waals surface area contributed by atoms with Crippen LogP contribution in [0.5, 0.6) is 34.5 Å². The Bertz CT molecular complexity index is 1710. The van der Waals surface area contributed by atoms with Crippen molar-refractivity contribution in [3.05, 3.63) is 140 Å². The number of aryl methyl sites for hydroxylation is 6. The van der Waals surface area contributed by atoms with Gasteiger partial charge in [0.05, 0.1) is 0 Å². The minimum absolute atomic E-state index is 0.265. The SMILES string of the molecule is Cc1cc(Cc2ccc(O)c(O)c2O)cc(C)c1O.Cc1cc(Cc2cccc(Cc3cc(C)c(O)c(C)c3)c2)cc(C)c1O. The molecule has 0 aliphatic heterocycles. The van der Waals surface area contributed by atoms with E-state index >= 15 is 0 Å². The van der Waals surface area contributed by atoms with E-state index in [1.807, 2.05) is 39.8 Å². The van der Waals surface area contributed by atoms with Crippen LogP contribution in [0.15, 0.2) is 72.8 Å². The van der Waals surface area contributed by atoms with Gasteiger partial charge in [-0.2, -0.15) is 0 Å². The first-order valence-electron chi connectivity index (χ1n) is 14.9. The quantitative estimate of drug-likeness (QED) is 0.108. The minimum Gasteiger partial charge on any atom is -0.507 e. The van der Waals surface area contributed by atoms with Gasteiger partial charge in [0.25, 0.3) is 0 Å². The molecule has 6 N–H and O–H groups in total. The van der Waals surface area contributed by atoms with E-state index in [4.69, 9.17) is 0 Å². The number of rotatable bonds is 6. The average molecular weight is 607 g/mol. The van der Waals surface area contributed by atoms with Gasteiger partial charge < -0.3 is 30.6 Å². The Morgan fingerprint density at radius 3 is 1.09 bits per heavy atom. The van der Waals surface area contributed by atoms with Crippen molar-refractivity contribution in [1.29, 1.82) is 0 Å². The summed E-state index contributed by atoms with van der Waals surface area (Å²) in [6.07, 6.45) is 2.11. The number of benzene rings is 5. The summed E-state index contributed by atoms with van der Waals surface area (Å²) in [5.41, 5.74) is 11.6. The van der Waals surface area contributed by atoms with E-state index in [1.165, 1.54) is 28.3 Å². The van der Waals surface area contributed by atoms with E-state index in [-0.39, 0.29) is 17.2 Å². The molecule has 0 fully saturated rings. The summed E-state index contributed by atoms with van der Waals surface area (Å²) in [4.78, 5) is 0. The fourth-order valence-corrected chi connectivity index (χ4v) is 5.74. The van der Waals surface area contributed by atoms with Crippen LogP contribution in [0, 0.1) is 41.5 Å². The molecule has 0 saturated carbocycles. The molecule has 5 aromatic rings. The van der Waals surface area contributed by atoms with Crippen LogP contribution in [-0.2, 0) is 19.3 Å². The van der Waals surface area contributed by atoms with Crippen LogP contribution in [-0.4, -0.2) is 30.6 Å². The predicted molar refractivity (Wildman–Crippen MR) is 179 cm³/mol. The molecule has 0 saturated heterocycles. The Hall–Kier alpha value is -5.10. The number of phenols is 6. The van der Waals surface area contributed by atoms with Gasteiger partial charge in [-0.3, -0.25) is 0 Å². The van der Waals surface area contributed by atoms with E-state index in [2.05, 4.69) is 48.5 Å². The van der Waals surface area contributed by atoms with Crippen molar-refractivity contribution in [3.63, 3.8) is 0 Å². The second-order valence-corrected chi connectivity index (χ2v) is 12.0. The van der Waals surface area contributed by atoms with Crippen molar-refractivity contribution in [1.82, 2.24) is 0 Å². The van der Waals surface area contributed by atoms with E-state index in [9.17, 15) is 30.6 Å². The van der Waals surface area contributed by atoms with E-state index in [1.54, 1.807) is 19.9 Å². The maximum Gasteiger partial charge on any atom is 0.200 e. The molecular weight excluding hydrogens is 564 g/mol. The third-order valence-corrected chi connectivity index (χ3v) is 8.07. The molecule has 6 heteroatoms. The maximum absolute atomic E-state index is 9.95. The molecule has 0 spiro atoms. The highest BCUT2D eigenvalue weighted by Crippen LogP contribution is 2.38. The average Bonchev–Trinajstić information content (AvgIpc) is 2.98. The Balaban J connectivity index is 0.000000215. The number of hydrogen-bond donors (Lipinski definition) is 6. The lowest BCUT2D eigenvalue weighted by Gasteiger charge is -2.11. The lowest BCUT2D eigenvalue weighted by molar-refractivity contribution is 0.365. The van der Waals surface area contributed by atoms with Gasteiger partial charge >= 0.3 is 0 Å². The molecule has 0 radical (unpaired) electrons. The standard InChI is InChI=1S/C24H26O2.C15H16O4/c1-15-8-21(9-16(2)23(15)25)13-19-6-5-7-20(12-19)14-22-10-17(3)24(26)18(4)11-22;1-8-5-10(6-9(2)13(8)17)7-11-3-4-12(16)15(19)14(11)18/h5-12,25-26H,13-14H2,1-4H3;3-6,16-19H,7H2,1-2H3. The van der Waals surface area contributed by atoms with Crippen molar-refractivity contribution in [2.75, 3.05) is 0 Å². The number of hydrogen-bond acceptors (Lipinski definition) is 6. The van der Waals surface area contributed by atoms with Gasteiger partial charge in [0, 0.05) is 12.0 Å². The molecule has 0 bridgehead atoms. The molecule has 45 heavy (non-hydrogen) atoms. The monoisotopic (exact) mass is 606 g/mol. The highest BCUT2D eigenvalue weighted by Gasteiger charge is 2.13. The van der Waals surface area contributed by atoms with Crippen molar-refractivity contribution in [2.45, 2.75) is 60.8 Å². The Labute approximate surface area is 265 Å². The molecule has 0 atom stereocenters. The highest BCUT2D eigenvalue weighted by atomic mass is 16.3. The summed E-state index contributed by atoms with van der Waals surface area (Å²) in [5.74, 6) is -0.130. The second-order valence-electron chi connectivity index (χ2n) is 12.0. The predicted octanol–water partition coefficient (Wildman–Crippen LogP) is 8.23. The topological polar surface area (TPSA) is 121 Å². The van der Waals surface area contributed by atoms with Crippen molar-refractivity contribution in [3.8, 4) is 34.5 Å². The molecular formula is C39H42O6. The van der Waals surface area contributed by atoms with Gasteiger partial charge in [-0.1, -0.05) is 66.7 Å². The van der Waals surface area contributed by atoms with Gasteiger partial charge in [-0.25, -0.2) is 0 Å². The lowest BCUT2D eigenvalue weighted by Crippen LogP contribution is -1.95. The van der Waals surface area contributed by atoms with Crippen LogP contribution in [0.4, 0.5) is 0 Å². The molecule has 0 aliphatic rings. The molecule has 6 nitrogen and oxygen atoms in total. The van der Waals surface area contributed by atoms with Crippen LogP contribution in [0.2, 0.25) is 0 Å². The fraction of sp³-hybridized carbons (Fsp3) is 0.231. The molecule has 0 heterocycles. The van der Waals surface area contributed by atoms with Crippen LogP contribution in [0.1, 0.15) is 66.8 Å². The van der Waals surface area contributed by atoms with Gasteiger partial charge in [0.1, 0.15) is 17.2 Å². The molecule has 0 aromatic heterocycles. The largest absolute Gasteiger partial charge is 0.507 e. The molecule has 0 amide bonds. The Kier molecular flexibility index (Phi) is 9.98. The molecule has 0 unspecified atom stereocenters. The van der Waals surface area contributed by atoms with Crippen molar-refractivity contribution in [2.24, 2.45) is 0 Å². The first-order chi connectivity index (χ1) is 21.2. The van der Waals surface area contributed by atoms with E-state index in [0.29, 0.717) is 23.5 Å². The zero-order chi connectivity index (χ0) is 33.0. The minimum atomic E-state index is -0.510. The summed E-state index contributed by atoms with van der Waals surface area (Å²) in [7, 11) is 0. The summed E-state index contributed by atoms with van der Waals surface area (Å²) in [5, 5.41) is 58.1. The zero-order valence-electron chi connectivity index (χ0n) is 26.7. The Morgan fingerprint density at radius 1 is 0.356 bits per heavy atom. The normalized spacial score (nSPS) is 10.8. The number of phenolic OH excluding ortho intramolecular Hbond substituents is 6. The first kappa shape index (κ1) is 32.8. The van der Waals surface area contributed by atoms with Crippen LogP contribution < -0.4 is 0 Å². The molecule has 0 aliphatic carbocycles. The summed E-state index contributed by atoms with van der Waals surface area (Å²) < 4.78 is 0. The highest BCUT2D eigenvalue weighted by molar-refractivity contribution is 5.55. The maximum atomic E-state index is 9.95. The third-order valence-electron chi connectivity index (χ3n) is 8.07. The number of aromatic hydroxyl groups is 6. The van der Waals surface area contributed by atoms with Crippen molar-refractivity contribution >= 4 is 0 Å². The molecule has 234 valence electrons. The molecule has 5 rings (SSSR count). The Morgan fingerprint density at radius 2 is 0.711 bits per heavy atom. The van der Waals surface area contributed by atoms with E-state index < -0.39 is 5.75 Å². The molecule has 5 aromatic carbocycles. The summed E-state index contributed by atoms with van der Waals surface area (Å²) in [6.45, 7) is 11.4. The van der Waals surface area contributed by atoms with Crippen LogP contribution in [0.3, 0.4) is 0 Å². The second kappa shape index (κ2) is 13.7. The zero-order valence-corrected chi connectivity index (χ0v) is 26.7. The van der Waals surface area contributed by atoms with Crippen LogP contribution in [0.25, 0.3) is 0 Å². The van der Waals surface area contributed by atoms with E-state index in [0.717, 1.165) is 51.8 Å². The van der Waals surface area contributed by atoms with Crippen LogP contribution >= 0.6 is 0 Å². The third kappa shape index (κ3) is 7.90. The van der Waals surface area contributed by atoms with Crippen molar-refractivity contribution < 1.29 is 30.6 Å². The fourth-order valence-electron chi connectivity index (χ4n) is 5.74. The summed E-state index contributed by atoms with van der Waals surface area (Å²) >= 11 is 0.